The molecule has 27 heavy (non-hydrogen) atoms. The van der Waals surface area contributed by atoms with Crippen molar-refractivity contribution >= 4 is 27.8 Å². The predicted molar refractivity (Wildman–Crippen MR) is 107 cm³/mol. The molecule has 3 aromatic rings. The van der Waals surface area contributed by atoms with E-state index in [1.165, 1.54) is 6.20 Å². The molecular formula is C21H27N3O3. The van der Waals surface area contributed by atoms with Crippen molar-refractivity contribution in [1.29, 1.82) is 0 Å². The molecule has 0 unspecified atom stereocenters. The summed E-state index contributed by atoms with van der Waals surface area (Å²) < 4.78 is 7.03. The molecule has 1 aromatic carbocycles. The van der Waals surface area contributed by atoms with Crippen LogP contribution in [0.2, 0.25) is 0 Å². The van der Waals surface area contributed by atoms with Crippen LogP contribution in [-0.4, -0.2) is 33.7 Å². The minimum atomic E-state index is -0.429. The topological polar surface area (TPSA) is 68.3 Å². The lowest BCUT2D eigenvalue weighted by Crippen LogP contribution is -2.39. The monoisotopic (exact) mass is 369 g/mol. The molecule has 3 rings (SSSR count). The Hall–Kier alpha value is -2.63. The highest BCUT2D eigenvalue weighted by molar-refractivity contribution is 6.02. The first kappa shape index (κ1) is 19.1. The van der Waals surface area contributed by atoms with Crippen molar-refractivity contribution in [3.63, 3.8) is 0 Å². The molecule has 144 valence electrons. The van der Waals surface area contributed by atoms with Gasteiger partial charge >= 0.3 is 5.63 Å². The number of aryl methyl sites for hydroxylation is 1. The fraction of sp³-hybridized carbons (Fsp3) is 0.476. The molecule has 0 radical (unpaired) electrons. The highest BCUT2D eigenvalue weighted by Crippen LogP contribution is 2.24. The highest BCUT2D eigenvalue weighted by Gasteiger charge is 2.20. The van der Waals surface area contributed by atoms with E-state index in [9.17, 15) is 9.59 Å². The van der Waals surface area contributed by atoms with Gasteiger partial charge in [0.1, 0.15) is 17.5 Å². The standard InChI is InChI=1S/C21H27N3O3/c1-13(2)10-23(11-14(3)4)19(25)12-24-20-16-8-15(5)6-7-18(16)27-21(26)17(20)9-22-24/h6-9,13-14H,10-12H2,1-5H3. The Morgan fingerprint density at radius 1 is 1.15 bits per heavy atom. The molecule has 1 amide bonds. The van der Waals surface area contributed by atoms with Crippen LogP contribution < -0.4 is 5.63 Å². The molecule has 2 heterocycles. The lowest BCUT2D eigenvalue weighted by molar-refractivity contribution is -0.133. The van der Waals surface area contributed by atoms with Crippen molar-refractivity contribution in [2.45, 2.75) is 41.2 Å². The number of fused-ring (bicyclic) bond motifs is 3. The van der Waals surface area contributed by atoms with E-state index in [0.717, 1.165) is 10.9 Å². The molecule has 0 fully saturated rings. The van der Waals surface area contributed by atoms with Gasteiger partial charge < -0.3 is 9.32 Å². The van der Waals surface area contributed by atoms with Crippen LogP contribution in [0.25, 0.3) is 21.9 Å². The van der Waals surface area contributed by atoms with Gasteiger partial charge in [0, 0.05) is 18.5 Å². The number of rotatable bonds is 6. The molecule has 0 aliphatic rings. The third-order valence-electron chi connectivity index (χ3n) is 4.46. The Bertz CT molecular complexity index is 1020. The van der Waals surface area contributed by atoms with Gasteiger partial charge in [-0.15, -0.1) is 0 Å². The predicted octanol–water partition coefficient (Wildman–Crippen LogP) is 3.59. The van der Waals surface area contributed by atoms with E-state index in [1.54, 1.807) is 10.7 Å². The van der Waals surface area contributed by atoms with Gasteiger partial charge in [0.15, 0.2) is 0 Å². The normalized spacial score (nSPS) is 11.8. The fourth-order valence-corrected chi connectivity index (χ4v) is 3.40. The van der Waals surface area contributed by atoms with Crippen LogP contribution in [0.5, 0.6) is 0 Å². The summed E-state index contributed by atoms with van der Waals surface area (Å²) in [6.45, 7) is 11.9. The van der Waals surface area contributed by atoms with Crippen LogP contribution in [-0.2, 0) is 11.3 Å². The summed E-state index contributed by atoms with van der Waals surface area (Å²) in [7, 11) is 0. The second-order valence-corrected chi connectivity index (χ2v) is 8.04. The van der Waals surface area contributed by atoms with Crippen LogP contribution in [0, 0.1) is 18.8 Å². The molecule has 0 spiro atoms. The first-order valence-electron chi connectivity index (χ1n) is 9.43. The van der Waals surface area contributed by atoms with E-state index in [1.807, 2.05) is 24.0 Å². The molecule has 0 atom stereocenters. The Kier molecular flexibility index (Phi) is 5.35. The van der Waals surface area contributed by atoms with Crippen molar-refractivity contribution in [1.82, 2.24) is 14.7 Å². The van der Waals surface area contributed by atoms with Gasteiger partial charge in [-0.05, 0) is 30.9 Å². The quantitative estimate of drug-likeness (QED) is 0.623. The Morgan fingerprint density at radius 2 is 1.81 bits per heavy atom. The first-order chi connectivity index (χ1) is 12.8. The average molecular weight is 369 g/mol. The van der Waals surface area contributed by atoms with Gasteiger partial charge in [-0.25, -0.2) is 4.79 Å². The molecule has 2 aromatic heterocycles. The van der Waals surface area contributed by atoms with E-state index in [4.69, 9.17) is 4.42 Å². The largest absolute Gasteiger partial charge is 0.422 e. The number of benzene rings is 1. The summed E-state index contributed by atoms with van der Waals surface area (Å²) in [5.41, 5.74) is 1.79. The van der Waals surface area contributed by atoms with Crippen LogP contribution in [0.15, 0.2) is 33.6 Å². The van der Waals surface area contributed by atoms with E-state index >= 15 is 0 Å². The second-order valence-electron chi connectivity index (χ2n) is 8.04. The number of carbonyl (C=O) groups is 1. The van der Waals surface area contributed by atoms with Crippen LogP contribution in [0.1, 0.15) is 33.3 Å². The molecule has 0 aliphatic carbocycles. The van der Waals surface area contributed by atoms with Crippen molar-refractivity contribution in [2.24, 2.45) is 11.8 Å². The van der Waals surface area contributed by atoms with Crippen molar-refractivity contribution in [2.75, 3.05) is 13.1 Å². The van der Waals surface area contributed by atoms with Crippen LogP contribution >= 0.6 is 0 Å². The van der Waals surface area contributed by atoms with Crippen LogP contribution in [0.3, 0.4) is 0 Å². The summed E-state index contributed by atoms with van der Waals surface area (Å²) in [6.07, 6.45) is 1.49. The Balaban J connectivity index is 2.04. The minimum absolute atomic E-state index is 0.0106. The summed E-state index contributed by atoms with van der Waals surface area (Å²) in [5.74, 6) is 0.784. The maximum atomic E-state index is 13.0. The zero-order chi connectivity index (χ0) is 19.7. The smallest absolute Gasteiger partial charge is 0.347 e. The molecule has 6 heteroatoms. The molecule has 0 aliphatic heterocycles. The van der Waals surface area contributed by atoms with Crippen molar-refractivity contribution in [3.05, 3.63) is 40.4 Å². The SMILES string of the molecule is Cc1ccc2oc(=O)c3cnn(CC(=O)N(CC(C)C)CC(C)C)c3c2c1. The third-order valence-corrected chi connectivity index (χ3v) is 4.46. The number of hydrogen-bond donors (Lipinski definition) is 0. The molecular weight excluding hydrogens is 342 g/mol. The molecule has 0 bridgehead atoms. The zero-order valence-corrected chi connectivity index (χ0v) is 16.7. The number of hydrogen-bond acceptors (Lipinski definition) is 4. The molecule has 0 saturated heterocycles. The number of aromatic nitrogens is 2. The van der Waals surface area contributed by atoms with Gasteiger partial charge in [-0.2, -0.15) is 5.10 Å². The van der Waals surface area contributed by atoms with Crippen molar-refractivity contribution < 1.29 is 9.21 Å². The maximum absolute atomic E-state index is 13.0. The summed E-state index contributed by atoms with van der Waals surface area (Å²) in [4.78, 5) is 27.2. The maximum Gasteiger partial charge on any atom is 0.347 e. The van der Waals surface area contributed by atoms with E-state index in [2.05, 4.69) is 32.8 Å². The Morgan fingerprint density at radius 3 is 2.44 bits per heavy atom. The number of nitrogens with zero attached hydrogens (tertiary/aromatic N) is 3. The lowest BCUT2D eigenvalue weighted by Gasteiger charge is -2.26. The van der Waals surface area contributed by atoms with E-state index in [-0.39, 0.29) is 12.5 Å². The average Bonchev–Trinajstić information content (AvgIpc) is 2.99. The molecule has 6 nitrogen and oxygen atoms in total. The zero-order valence-electron chi connectivity index (χ0n) is 16.7. The highest BCUT2D eigenvalue weighted by atomic mass is 16.4. The summed E-state index contributed by atoms with van der Waals surface area (Å²) in [6, 6.07) is 5.65. The lowest BCUT2D eigenvalue weighted by atomic mass is 10.1. The first-order valence-corrected chi connectivity index (χ1v) is 9.43. The molecule has 0 saturated carbocycles. The van der Waals surface area contributed by atoms with Gasteiger partial charge in [0.2, 0.25) is 5.91 Å². The number of amides is 1. The minimum Gasteiger partial charge on any atom is -0.422 e. The Labute approximate surface area is 158 Å². The molecule has 0 N–H and O–H groups in total. The van der Waals surface area contributed by atoms with Gasteiger partial charge in [0.05, 0.1) is 11.7 Å². The van der Waals surface area contributed by atoms with Crippen molar-refractivity contribution in [3.8, 4) is 0 Å². The van der Waals surface area contributed by atoms with Gasteiger partial charge in [0.25, 0.3) is 0 Å². The van der Waals surface area contributed by atoms with Gasteiger partial charge in [-0.1, -0.05) is 39.3 Å². The summed E-state index contributed by atoms with van der Waals surface area (Å²) in [5, 5.41) is 5.53. The van der Waals surface area contributed by atoms with E-state index in [0.29, 0.717) is 41.4 Å². The van der Waals surface area contributed by atoms with Crippen LogP contribution in [0.4, 0.5) is 0 Å². The fourth-order valence-electron chi connectivity index (χ4n) is 3.40. The van der Waals surface area contributed by atoms with Gasteiger partial charge in [-0.3, -0.25) is 9.48 Å². The third kappa shape index (κ3) is 4.04. The summed E-state index contributed by atoms with van der Waals surface area (Å²) >= 11 is 0. The van der Waals surface area contributed by atoms with E-state index < -0.39 is 5.63 Å². The second kappa shape index (κ2) is 7.55. The number of carbonyl (C=O) groups excluding carboxylic acids is 1.